The summed E-state index contributed by atoms with van der Waals surface area (Å²) in [6.07, 6.45) is 31.7. The maximum atomic E-state index is 12.0. The van der Waals surface area contributed by atoms with Crippen LogP contribution in [0, 0.1) is 35.5 Å². The van der Waals surface area contributed by atoms with E-state index >= 15 is 0 Å². The first kappa shape index (κ1) is 42.9. The molecule has 0 fully saturated rings. The van der Waals surface area contributed by atoms with Gasteiger partial charge in [-0.25, -0.2) is 0 Å². The van der Waals surface area contributed by atoms with E-state index in [0.717, 1.165) is 54.5 Å². The van der Waals surface area contributed by atoms with Gasteiger partial charge >= 0.3 is 0 Å². The van der Waals surface area contributed by atoms with Gasteiger partial charge in [-0.05, 0) is 78.9 Å². The minimum absolute atomic E-state index is 0.0663. The summed E-state index contributed by atoms with van der Waals surface area (Å²) in [5.41, 5.74) is 0.804. The summed E-state index contributed by atoms with van der Waals surface area (Å²) < 4.78 is 13.1. The molecule has 0 aliphatic heterocycles. The van der Waals surface area contributed by atoms with Gasteiger partial charge in [-0.3, -0.25) is 4.79 Å². The minimum Gasteiger partial charge on any atom is -0.494 e. The number of hydrogen-bond donors (Lipinski definition) is 0. The molecule has 0 aromatic rings. The van der Waals surface area contributed by atoms with Crippen LogP contribution in [0.25, 0.3) is 0 Å². The highest BCUT2D eigenvalue weighted by atomic mass is 16.5. The molecule has 3 nitrogen and oxygen atoms in total. The minimum atomic E-state index is -0.0663. The Balaban J connectivity index is 2.78. The first-order valence-corrected chi connectivity index (χ1v) is 20.4. The van der Waals surface area contributed by atoms with Crippen molar-refractivity contribution in [3.63, 3.8) is 0 Å². The molecular weight excluding hydrogens is 564 g/mol. The second kappa shape index (κ2) is 27.8. The van der Waals surface area contributed by atoms with Crippen molar-refractivity contribution in [3.8, 4) is 0 Å². The number of unbranched alkanes of at least 4 members (excludes halogenated alkanes) is 2. The molecule has 1 aliphatic carbocycles. The van der Waals surface area contributed by atoms with Crippen LogP contribution in [-0.2, 0) is 14.3 Å². The molecule has 0 heterocycles. The molecule has 7 unspecified atom stereocenters. The molecule has 0 amide bonds. The number of rotatable bonds is 31. The molecule has 0 aromatic heterocycles. The standard InChI is InChI=1S/C43H80O3/c1-9-17-35(5)21-13-15-23-39(27-25-37(7)19-11-3)33-45-42-29-41(32-44)30-43(31-42)46-34-40(28-26-38(8)20-12-4)24-16-14-22-36(6)18-10-2/h29,31-32,35-40,43H,9-28,30,33-34H2,1-8H3. The Morgan fingerprint density at radius 1 is 0.609 bits per heavy atom. The van der Waals surface area contributed by atoms with Gasteiger partial charge in [-0.15, -0.1) is 0 Å². The van der Waals surface area contributed by atoms with Crippen LogP contribution in [0.15, 0.2) is 23.5 Å². The van der Waals surface area contributed by atoms with Crippen LogP contribution in [0.3, 0.4) is 0 Å². The maximum Gasteiger partial charge on any atom is 0.146 e. The van der Waals surface area contributed by atoms with Crippen LogP contribution in [0.4, 0.5) is 0 Å². The Morgan fingerprint density at radius 3 is 1.50 bits per heavy atom. The molecule has 7 atom stereocenters. The van der Waals surface area contributed by atoms with E-state index < -0.39 is 0 Å². The predicted octanol–water partition coefficient (Wildman–Crippen LogP) is 13.5. The van der Waals surface area contributed by atoms with E-state index in [4.69, 9.17) is 9.47 Å². The summed E-state index contributed by atoms with van der Waals surface area (Å²) in [6.45, 7) is 20.4. The first-order valence-electron chi connectivity index (χ1n) is 20.4. The van der Waals surface area contributed by atoms with Gasteiger partial charge in [0.05, 0.1) is 19.3 Å². The van der Waals surface area contributed by atoms with Crippen molar-refractivity contribution in [1.29, 1.82) is 0 Å². The smallest absolute Gasteiger partial charge is 0.146 e. The van der Waals surface area contributed by atoms with Crippen molar-refractivity contribution in [2.24, 2.45) is 35.5 Å². The fourth-order valence-electron chi connectivity index (χ4n) is 7.58. The molecule has 0 bridgehead atoms. The van der Waals surface area contributed by atoms with E-state index in [2.05, 4.69) is 61.5 Å². The van der Waals surface area contributed by atoms with Crippen molar-refractivity contribution < 1.29 is 14.3 Å². The van der Waals surface area contributed by atoms with Gasteiger partial charge in [0.1, 0.15) is 12.0 Å². The van der Waals surface area contributed by atoms with Gasteiger partial charge in [-0.2, -0.15) is 0 Å². The normalized spacial score (nSPS) is 19.1. The second-order valence-corrected chi connectivity index (χ2v) is 15.8. The number of carbonyl (C=O) groups is 1. The van der Waals surface area contributed by atoms with Crippen molar-refractivity contribution in [2.75, 3.05) is 13.2 Å². The van der Waals surface area contributed by atoms with E-state index in [1.54, 1.807) is 0 Å². The first-order chi connectivity index (χ1) is 22.2. The molecule has 1 rings (SSSR count). The molecule has 270 valence electrons. The van der Waals surface area contributed by atoms with Gasteiger partial charge in [0.15, 0.2) is 0 Å². The molecular formula is C43H80O3. The quantitative estimate of drug-likeness (QED) is 0.0556. The van der Waals surface area contributed by atoms with Crippen LogP contribution in [-0.4, -0.2) is 25.6 Å². The van der Waals surface area contributed by atoms with E-state index in [1.165, 1.54) is 128 Å². The zero-order valence-corrected chi connectivity index (χ0v) is 32.3. The molecule has 46 heavy (non-hydrogen) atoms. The fraction of sp³-hybridized carbons (Fsp3) is 0.884. The average molecular weight is 645 g/mol. The Labute approximate surface area is 288 Å². The largest absolute Gasteiger partial charge is 0.494 e. The molecule has 0 saturated heterocycles. The summed E-state index contributed by atoms with van der Waals surface area (Å²) in [6, 6.07) is 0. The van der Waals surface area contributed by atoms with Crippen molar-refractivity contribution >= 4 is 6.29 Å². The third-order valence-corrected chi connectivity index (χ3v) is 10.7. The molecule has 0 spiro atoms. The number of ether oxygens (including phenoxy) is 2. The lowest BCUT2D eigenvalue weighted by Gasteiger charge is -2.26. The number of hydrogen-bond acceptors (Lipinski definition) is 3. The Morgan fingerprint density at radius 2 is 1.04 bits per heavy atom. The molecule has 0 aromatic carbocycles. The van der Waals surface area contributed by atoms with Gasteiger partial charge in [-0.1, -0.05) is 158 Å². The monoisotopic (exact) mass is 645 g/mol. The van der Waals surface area contributed by atoms with Gasteiger partial charge in [0.2, 0.25) is 0 Å². The summed E-state index contributed by atoms with van der Waals surface area (Å²) in [4.78, 5) is 12.0. The number of allylic oxidation sites excluding steroid dienone is 1. The number of aldehydes is 1. The topological polar surface area (TPSA) is 35.5 Å². The molecule has 3 heteroatoms. The van der Waals surface area contributed by atoms with E-state index in [9.17, 15) is 4.79 Å². The molecule has 0 radical (unpaired) electrons. The Bertz CT molecular complexity index is 785. The van der Waals surface area contributed by atoms with Gasteiger partial charge in [0.25, 0.3) is 0 Å². The SMILES string of the molecule is CCCC(C)CCCCC(CCC(C)CCC)COC1=CC(OCC(CCCCC(C)CCC)CCC(C)CCC)CC(C=O)=C1. The summed E-state index contributed by atoms with van der Waals surface area (Å²) in [5.74, 6) is 5.27. The molecule has 0 N–H and O–H groups in total. The third kappa shape index (κ3) is 21.7. The fourth-order valence-corrected chi connectivity index (χ4v) is 7.58. The second-order valence-electron chi connectivity index (χ2n) is 15.8. The average Bonchev–Trinajstić information content (AvgIpc) is 3.03. The lowest BCUT2D eigenvalue weighted by molar-refractivity contribution is -0.105. The van der Waals surface area contributed by atoms with Crippen molar-refractivity contribution in [1.82, 2.24) is 0 Å². The third-order valence-electron chi connectivity index (χ3n) is 10.7. The summed E-state index contributed by atoms with van der Waals surface area (Å²) in [7, 11) is 0. The zero-order valence-electron chi connectivity index (χ0n) is 32.3. The summed E-state index contributed by atoms with van der Waals surface area (Å²) in [5, 5.41) is 0. The van der Waals surface area contributed by atoms with E-state index in [-0.39, 0.29) is 6.10 Å². The van der Waals surface area contributed by atoms with Crippen molar-refractivity contribution in [3.05, 3.63) is 23.5 Å². The van der Waals surface area contributed by atoms with Crippen LogP contribution < -0.4 is 0 Å². The Hall–Kier alpha value is -1.09. The van der Waals surface area contributed by atoms with Gasteiger partial charge in [0, 0.05) is 6.42 Å². The lowest BCUT2D eigenvalue weighted by Crippen LogP contribution is -2.22. The summed E-state index contributed by atoms with van der Waals surface area (Å²) >= 11 is 0. The van der Waals surface area contributed by atoms with E-state index in [0.29, 0.717) is 18.3 Å². The lowest BCUT2D eigenvalue weighted by atomic mass is 9.90. The predicted molar refractivity (Wildman–Crippen MR) is 201 cm³/mol. The maximum absolute atomic E-state index is 12.0. The molecule has 1 aliphatic rings. The van der Waals surface area contributed by atoms with E-state index in [1.807, 2.05) is 6.08 Å². The molecule has 0 saturated carbocycles. The van der Waals surface area contributed by atoms with Crippen LogP contribution in [0.1, 0.15) is 190 Å². The zero-order chi connectivity index (χ0) is 34.0. The highest BCUT2D eigenvalue weighted by Gasteiger charge is 2.21. The van der Waals surface area contributed by atoms with Gasteiger partial charge < -0.3 is 9.47 Å². The van der Waals surface area contributed by atoms with Crippen LogP contribution >= 0.6 is 0 Å². The van der Waals surface area contributed by atoms with Crippen molar-refractivity contribution in [2.45, 2.75) is 196 Å². The highest BCUT2D eigenvalue weighted by molar-refractivity contribution is 5.74. The highest BCUT2D eigenvalue weighted by Crippen LogP contribution is 2.28. The number of carbonyl (C=O) groups excluding carboxylic acids is 1. The van der Waals surface area contributed by atoms with Crippen LogP contribution in [0.2, 0.25) is 0 Å². The Kier molecular flexibility index (Phi) is 26.0. The van der Waals surface area contributed by atoms with Crippen LogP contribution in [0.5, 0.6) is 0 Å².